The second-order valence-corrected chi connectivity index (χ2v) is 12.3. The molecule has 2 aliphatic heterocycles. The number of carbonyl (C=O) groups excluding carboxylic acids is 1. The van der Waals surface area contributed by atoms with Crippen LogP contribution in [0.25, 0.3) is 0 Å². The summed E-state index contributed by atoms with van der Waals surface area (Å²) in [4.78, 5) is 24.6. The molecule has 1 aromatic heterocycles. The lowest BCUT2D eigenvalue weighted by molar-refractivity contribution is -0.0386. The van der Waals surface area contributed by atoms with Gasteiger partial charge in [-0.3, -0.25) is 4.79 Å². The van der Waals surface area contributed by atoms with E-state index < -0.39 is 15.8 Å². The van der Waals surface area contributed by atoms with Crippen LogP contribution in [-0.2, 0) is 10.0 Å². The SMILES string of the molecule is CS(=O)(=O)NC1CCC2(CC1)CN(CC1CCN(c3ncncc3Oc3ccc(F)cc3C=O)C1)C2. The molecule has 194 valence electrons. The molecule has 3 heterocycles. The molecular formula is C25H32FN5O4S. The quantitative estimate of drug-likeness (QED) is 0.533. The van der Waals surface area contributed by atoms with Crippen LogP contribution < -0.4 is 14.4 Å². The third-order valence-corrected chi connectivity index (χ3v) is 8.39. The zero-order valence-corrected chi connectivity index (χ0v) is 21.2. The van der Waals surface area contributed by atoms with E-state index in [0.29, 0.717) is 29.2 Å². The molecule has 0 bridgehead atoms. The van der Waals surface area contributed by atoms with E-state index in [1.165, 1.54) is 24.7 Å². The third-order valence-electron chi connectivity index (χ3n) is 7.62. The molecule has 5 rings (SSSR count). The molecule has 3 aliphatic rings. The highest BCUT2D eigenvalue weighted by Crippen LogP contribution is 2.44. The Morgan fingerprint density at radius 2 is 2.00 bits per heavy atom. The van der Waals surface area contributed by atoms with Gasteiger partial charge in [-0.2, -0.15) is 0 Å². The van der Waals surface area contributed by atoms with Gasteiger partial charge in [-0.1, -0.05) is 0 Å². The smallest absolute Gasteiger partial charge is 0.208 e. The molecule has 3 fully saturated rings. The van der Waals surface area contributed by atoms with Crippen molar-refractivity contribution in [2.24, 2.45) is 11.3 Å². The number of nitrogens with one attached hydrogen (secondary N) is 1. The topological polar surface area (TPSA) is 105 Å². The fraction of sp³-hybridized carbons (Fsp3) is 0.560. The van der Waals surface area contributed by atoms with Crippen molar-refractivity contribution in [3.05, 3.63) is 42.1 Å². The van der Waals surface area contributed by atoms with Gasteiger partial charge in [-0.15, -0.1) is 0 Å². The van der Waals surface area contributed by atoms with Crippen LogP contribution in [0, 0.1) is 17.2 Å². The van der Waals surface area contributed by atoms with Crippen LogP contribution in [-0.4, -0.2) is 74.6 Å². The Balaban J connectivity index is 1.14. The van der Waals surface area contributed by atoms with Gasteiger partial charge in [0, 0.05) is 38.8 Å². The largest absolute Gasteiger partial charge is 0.451 e. The number of hydrogen-bond donors (Lipinski definition) is 1. The van der Waals surface area contributed by atoms with Crippen LogP contribution in [0.3, 0.4) is 0 Å². The van der Waals surface area contributed by atoms with Crippen LogP contribution >= 0.6 is 0 Å². The van der Waals surface area contributed by atoms with E-state index in [9.17, 15) is 17.6 Å². The lowest BCUT2D eigenvalue weighted by Gasteiger charge is -2.54. The van der Waals surface area contributed by atoms with Crippen LogP contribution in [0.15, 0.2) is 30.7 Å². The van der Waals surface area contributed by atoms with E-state index in [1.54, 1.807) is 6.20 Å². The summed E-state index contributed by atoms with van der Waals surface area (Å²) in [6.45, 7) is 4.88. The zero-order chi connectivity index (χ0) is 25.3. The predicted molar refractivity (Wildman–Crippen MR) is 133 cm³/mol. The predicted octanol–water partition coefficient (Wildman–Crippen LogP) is 2.84. The van der Waals surface area contributed by atoms with Gasteiger partial charge in [-0.25, -0.2) is 27.5 Å². The van der Waals surface area contributed by atoms with Crippen LogP contribution in [0.1, 0.15) is 42.5 Å². The first-order valence-corrected chi connectivity index (χ1v) is 14.3. The number of anilines is 1. The fourth-order valence-corrected chi connectivity index (χ4v) is 6.82. The van der Waals surface area contributed by atoms with E-state index >= 15 is 0 Å². The highest BCUT2D eigenvalue weighted by atomic mass is 32.2. The van der Waals surface area contributed by atoms with E-state index in [2.05, 4.69) is 24.5 Å². The first-order chi connectivity index (χ1) is 17.2. The average Bonchev–Trinajstić information content (AvgIpc) is 3.28. The van der Waals surface area contributed by atoms with Crippen LogP contribution in [0.5, 0.6) is 11.5 Å². The second-order valence-electron chi connectivity index (χ2n) is 10.5. The summed E-state index contributed by atoms with van der Waals surface area (Å²) >= 11 is 0. The highest BCUT2D eigenvalue weighted by molar-refractivity contribution is 7.88. The number of hydrogen-bond acceptors (Lipinski definition) is 8. The van der Waals surface area contributed by atoms with Crippen LogP contribution in [0.4, 0.5) is 10.2 Å². The van der Waals surface area contributed by atoms with Crippen molar-refractivity contribution >= 4 is 22.1 Å². The number of benzene rings is 1. The molecule has 2 aromatic rings. The Kier molecular flexibility index (Phi) is 6.97. The van der Waals surface area contributed by atoms with Crippen molar-refractivity contribution in [3.8, 4) is 11.5 Å². The molecule has 1 unspecified atom stereocenters. The van der Waals surface area contributed by atoms with Crippen molar-refractivity contribution in [1.82, 2.24) is 19.6 Å². The number of halogens is 1. The highest BCUT2D eigenvalue weighted by Gasteiger charge is 2.46. The van der Waals surface area contributed by atoms with Gasteiger partial charge in [0.25, 0.3) is 0 Å². The number of sulfonamides is 1. The Morgan fingerprint density at radius 3 is 2.72 bits per heavy atom. The van der Waals surface area contributed by atoms with Crippen LogP contribution in [0.2, 0.25) is 0 Å². The summed E-state index contributed by atoms with van der Waals surface area (Å²) in [5.41, 5.74) is 0.476. The number of rotatable bonds is 8. The van der Waals surface area contributed by atoms with Gasteiger partial charge in [-0.05, 0) is 61.6 Å². The lowest BCUT2D eigenvalue weighted by atomic mass is 9.67. The molecule has 1 aromatic carbocycles. The summed E-state index contributed by atoms with van der Waals surface area (Å²) in [7, 11) is -3.14. The summed E-state index contributed by atoms with van der Waals surface area (Å²) < 4.78 is 45.2. The monoisotopic (exact) mass is 517 g/mol. The number of likely N-dealkylation sites (tertiary alicyclic amines) is 1. The molecule has 9 nitrogen and oxygen atoms in total. The van der Waals surface area contributed by atoms with Gasteiger partial charge < -0.3 is 14.5 Å². The van der Waals surface area contributed by atoms with Gasteiger partial charge >= 0.3 is 0 Å². The van der Waals surface area contributed by atoms with Gasteiger partial charge in [0.05, 0.1) is 18.0 Å². The minimum Gasteiger partial charge on any atom is -0.451 e. The summed E-state index contributed by atoms with van der Waals surface area (Å²) in [6, 6.07) is 3.91. The van der Waals surface area contributed by atoms with E-state index in [4.69, 9.17) is 4.74 Å². The number of nitrogens with zero attached hydrogens (tertiary/aromatic N) is 4. The molecule has 1 atom stereocenters. The Bertz CT molecular complexity index is 1210. The van der Waals surface area contributed by atoms with Crippen molar-refractivity contribution in [2.45, 2.75) is 38.1 Å². The Hall–Kier alpha value is -2.63. The van der Waals surface area contributed by atoms with Crippen molar-refractivity contribution in [3.63, 3.8) is 0 Å². The van der Waals surface area contributed by atoms with E-state index in [1.807, 2.05) is 0 Å². The van der Waals surface area contributed by atoms with E-state index in [0.717, 1.165) is 70.9 Å². The minimum atomic E-state index is -3.14. The molecule has 0 amide bonds. The molecule has 1 aliphatic carbocycles. The molecular weight excluding hydrogens is 485 g/mol. The van der Waals surface area contributed by atoms with Gasteiger partial charge in [0.2, 0.25) is 10.0 Å². The molecule has 1 spiro atoms. The maximum Gasteiger partial charge on any atom is 0.208 e. The van der Waals surface area contributed by atoms with E-state index in [-0.39, 0.29) is 17.4 Å². The lowest BCUT2D eigenvalue weighted by Crippen LogP contribution is -2.59. The molecule has 0 radical (unpaired) electrons. The summed E-state index contributed by atoms with van der Waals surface area (Å²) in [5.74, 6) is 1.39. The minimum absolute atomic E-state index is 0.0739. The Morgan fingerprint density at radius 1 is 1.22 bits per heavy atom. The first kappa shape index (κ1) is 25.0. The molecule has 36 heavy (non-hydrogen) atoms. The summed E-state index contributed by atoms with van der Waals surface area (Å²) in [5, 5.41) is 0. The Labute approximate surface area is 211 Å². The van der Waals surface area contributed by atoms with Crippen molar-refractivity contribution in [1.29, 1.82) is 0 Å². The average molecular weight is 518 g/mol. The maximum atomic E-state index is 13.5. The number of ether oxygens (including phenoxy) is 1. The molecule has 2 saturated heterocycles. The number of aldehydes is 1. The molecule has 1 N–H and O–H groups in total. The van der Waals surface area contributed by atoms with Crippen molar-refractivity contribution < 1.29 is 22.3 Å². The molecule has 1 saturated carbocycles. The maximum absolute atomic E-state index is 13.5. The first-order valence-electron chi connectivity index (χ1n) is 12.4. The number of carbonyl (C=O) groups is 1. The normalized spacial score (nSPS) is 22.5. The van der Waals surface area contributed by atoms with Crippen molar-refractivity contribution in [2.75, 3.05) is 43.9 Å². The second kappa shape index (κ2) is 10.0. The standard InChI is InChI=1S/C25H32FN5O4S/c1-36(33,34)29-21-4-7-25(8-5-21)15-30(16-25)12-18-6-9-31(13-18)24-23(11-27-17-28-24)35-22-3-2-20(26)10-19(22)14-32/h2-3,10-11,14,17-18,21,29H,4-9,12-13,15-16H2,1H3. The molecule has 11 heteroatoms. The summed E-state index contributed by atoms with van der Waals surface area (Å²) in [6.07, 6.45) is 9.86. The zero-order valence-electron chi connectivity index (χ0n) is 20.4. The third kappa shape index (κ3) is 5.68. The number of aromatic nitrogens is 2. The fourth-order valence-electron chi connectivity index (χ4n) is 5.98. The van der Waals surface area contributed by atoms with Gasteiger partial charge in [0.15, 0.2) is 17.9 Å². The van der Waals surface area contributed by atoms with Gasteiger partial charge in [0.1, 0.15) is 17.9 Å².